The molecule has 0 saturated carbocycles. The molecule has 4 aromatic rings. The third-order valence-electron chi connectivity index (χ3n) is 18.0. The van der Waals surface area contributed by atoms with Gasteiger partial charge in [-0.2, -0.15) is 0 Å². The van der Waals surface area contributed by atoms with Crippen LogP contribution in [0, 0.1) is 11.8 Å². The predicted molar refractivity (Wildman–Crippen MR) is 366 cm³/mol. The number of carbonyl (C=O) groups is 12. The van der Waals surface area contributed by atoms with Gasteiger partial charge in [-0.25, -0.2) is 19.6 Å². The van der Waals surface area contributed by atoms with E-state index in [4.69, 9.17) is 13.9 Å². The van der Waals surface area contributed by atoms with Crippen molar-refractivity contribution in [3.63, 3.8) is 0 Å². The molecule has 28 heteroatoms. The number of rotatable bonds is 8. The van der Waals surface area contributed by atoms with E-state index in [1.54, 1.807) is 74.6 Å². The lowest BCUT2D eigenvalue weighted by Gasteiger charge is -2.40. The number of anilines is 1. The number of benzene rings is 2. The zero-order valence-electron chi connectivity index (χ0n) is 58.2. The highest BCUT2D eigenvalue weighted by Gasteiger charge is 2.46. The van der Waals surface area contributed by atoms with Gasteiger partial charge in [0.25, 0.3) is 11.8 Å². The van der Waals surface area contributed by atoms with E-state index in [-0.39, 0.29) is 123 Å². The molecule has 7 heterocycles. The summed E-state index contributed by atoms with van der Waals surface area (Å²) in [4.78, 5) is 180. The van der Waals surface area contributed by atoms with Gasteiger partial charge in [0.05, 0.1) is 12.5 Å². The predicted octanol–water partition coefficient (Wildman–Crippen LogP) is 3.93. The van der Waals surface area contributed by atoms with Gasteiger partial charge in [-0.1, -0.05) is 106 Å². The number of esters is 2. The molecule has 3 saturated heterocycles. The van der Waals surface area contributed by atoms with Crippen LogP contribution in [0.3, 0.4) is 0 Å². The Balaban J connectivity index is 0.000000291. The van der Waals surface area contributed by atoms with Crippen molar-refractivity contribution in [2.24, 2.45) is 11.8 Å². The van der Waals surface area contributed by atoms with Crippen LogP contribution in [0.4, 0.5) is 5.69 Å². The van der Waals surface area contributed by atoms with Crippen LogP contribution < -0.4 is 26.2 Å². The van der Waals surface area contributed by atoms with Crippen molar-refractivity contribution < 1.29 is 81.6 Å². The summed E-state index contributed by atoms with van der Waals surface area (Å²) in [6.07, 6.45) is 9.66. The van der Waals surface area contributed by atoms with E-state index in [2.05, 4.69) is 31.2 Å². The first kappa shape index (κ1) is 76.1. The molecular formula is C73H89N11O17. The fourth-order valence-electron chi connectivity index (χ4n) is 12.5. The first-order valence-electron chi connectivity index (χ1n) is 33.8. The van der Waals surface area contributed by atoms with Gasteiger partial charge in [0.1, 0.15) is 71.7 Å². The maximum Gasteiger partial charge on any atom is 0.355 e. The fourth-order valence-corrected chi connectivity index (χ4v) is 12.5. The lowest BCUT2D eigenvalue weighted by Crippen LogP contribution is -2.61. The Bertz CT molecular complexity index is 3860. The zero-order chi connectivity index (χ0) is 73.4. The molecule has 2 bridgehead atoms. The van der Waals surface area contributed by atoms with Crippen molar-refractivity contribution in [3.05, 3.63) is 155 Å². The summed E-state index contributed by atoms with van der Waals surface area (Å²) in [5.74, 6) is -8.40. The Morgan fingerprint density at radius 1 is 0.822 bits per heavy atom. The molecular weight excluding hydrogens is 1300 g/mol. The minimum atomic E-state index is -1.68. The highest BCUT2D eigenvalue weighted by atomic mass is 16.6. The van der Waals surface area contributed by atoms with E-state index < -0.39 is 119 Å². The molecule has 6 N–H and O–H groups in total. The number of aromatic nitrogens is 2. The summed E-state index contributed by atoms with van der Waals surface area (Å²) in [5.41, 5.74) is 2.26. The number of pyridine rings is 1. The fraction of sp³-hybridized carbons (Fsp3) is 0.452. The zero-order valence-corrected chi connectivity index (χ0v) is 58.2. The number of aliphatic hydroxyl groups excluding tert-OH is 1. The van der Waals surface area contributed by atoms with Crippen LogP contribution in [-0.4, -0.2) is 206 Å². The number of carbonyl (C=O) groups excluding carboxylic acids is 12. The Morgan fingerprint density at radius 3 is 2.24 bits per heavy atom. The molecule has 9 rings (SSSR count). The number of piperidine rings is 1. The summed E-state index contributed by atoms with van der Waals surface area (Å²) >= 11 is 0. The molecule has 0 radical (unpaired) electrons. The minimum Gasteiger partial charge on any atom is -0.505 e. The van der Waals surface area contributed by atoms with Crippen molar-refractivity contribution in [2.45, 2.75) is 154 Å². The molecule has 5 aliphatic heterocycles. The molecule has 3 fully saturated rings. The number of hydrogen-bond donors (Lipinski definition) is 6. The Kier molecular flexibility index (Phi) is 26.3. The number of fused-ring (bicyclic) bond motifs is 5. The van der Waals surface area contributed by atoms with Gasteiger partial charge in [0.15, 0.2) is 17.4 Å². The number of aliphatic hydroxyl groups is 1. The molecule has 5 aliphatic rings. The Labute approximate surface area is 585 Å². The van der Waals surface area contributed by atoms with Crippen molar-refractivity contribution in [1.29, 1.82) is 0 Å². The van der Waals surface area contributed by atoms with Gasteiger partial charge in [0.2, 0.25) is 41.3 Å². The number of ketones is 2. The number of ether oxygens (including phenoxy) is 2. The van der Waals surface area contributed by atoms with Gasteiger partial charge < -0.3 is 69.9 Å². The molecule has 101 heavy (non-hydrogen) atoms. The molecule has 538 valence electrons. The van der Waals surface area contributed by atoms with Crippen molar-refractivity contribution in [1.82, 2.24) is 50.8 Å². The summed E-state index contributed by atoms with van der Waals surface area (Å²) in [6.45, 7) is 11.0. The summed E-state index contributed by atoms with van der Waals surface area (Å²) in [6, 6.07) is 10.1. The molecule has 1 unspecified atom stereocenters. The van der Waals surface area contributed by atoms with E-state index in [0.717, 1.165) is 17.5 Å². The number of hydrogen-bond acceptors (Lipinski definition) is 20. The Hall–Kier alpha value is -10.6. The second-order valence-electron chi connectivity index (χ2n) is 26.1. The summed E-state index contributed by atoms with van der Waals surface area (Å²) in [5, 5.41) is 31.2. The highest BCUT2D eigenvalue weighted by Crippen LogP contribution is 2.29. The number of nitrogens with one attached hydrogen (secondary N) is 4. The smallest absolute Gasteiger partial charge is 0.355 e. The second-order valence-corrected chi connectivity index (χ2v) is 26.1. The van der Waals surface area contributed by atoms with E-state index in [9.17, 15) is 67.7 Å². The van der Waals surface area contributed by atoms with Gasteiger partial charge >= 0.3 is 11.9 Å². The quantitative estimate of drug-likeness (QED) is 0.136. The van der Waals surface area contributed by atoms with Crippen LogP contribution >= 0.6 is 0 Å². The van der Waals surface area contributed by atoms with Crippen LogP contribution in [0.1, 0.15) is 131 Å². The maximum atomic E-state index is 15.0. The van der Waals surface area contributed by atoms with Crippen molar-refractivity contribution >= 4 is 76.4 Å². The van der Waals surface area contributed by atoms with Gasteiger partial charge in [-0.3, -0.25) is 47.9 Å². The van der Waals surface area contributed by atoms with Crippen LogP contribution in [0.15, 0.2) is 131 Å². The van der Waals surface area contributed by atoms with Crippen LogP contribution in [0.5, 0.6) is 5.75 Å². The molecule has 2 aromatic heterocycles. The van der Waals surface area contributed by atoms with E-state index >= 15 is 0 Å². The largest absolute Gasteiger partial charge is 0.505 e. The maximum absolute atomic E-state index is 15.0. The van der Waals surface area contributed by atoms with Gasteiger partial charge in [-0.15, -0.1) is 0 Å². The number of allylic oxidation sites excluding steroid dienone is 2. The number of aromatic hydroxyl groups is 1. The minimum absolute atomic E-state index is 0.0299. The molecule has 0 spiro atoms. The lowest BCUT2D eigenvalue weighted by atomic mass is 9.94. The van der Waals surface area contributed by atoms with Gasteiger partial charge in [0, 0.05) is 90.8 Å². The van der Waals surface area contributed by atoms with Gasteiger partial charge in [-0.05, 0) is 86.9 Å². The van der Waals surface area contributed by atoms with E-state index in [1.807, 2.05) is 64.0 Å². The summed E-state index contributed by atoms with van der Waals surface area (Å²) in [7, 11) is 5.25. The molecule has 0 aliphatic carbocycles. The highest BCUT2D eigenvalue weighted by molar-refractivity contribution is 6.02. The molecule has 28 nitrogen and oxygen atoms in total. The third kappa shape index (κ3) is 19.6. The second kappa shape index (κ2) is 34.9. The number of nitrogens with zero attached hydrogens (tertiary/aromatic N) is 7. The molecule has 10 atom stereocenters. The standard InChI is InChI=1S/C45H54N8O10.C28H35N3O7/c1-6-31-42(59)52-22-11-14-32(52)43(60)51(5)34(24-27-16-18-29(19-17-27)50(3)4)44(61)53-23-20-30(54)25-33(53)39(56)49-37(28-12-8-7-9-13-28)45(62)63-26(2)36(40(57)47-31)48-41(58)38-35(55)15-10-21-46-38;1-17(2)26-19(4)9-10-24(34)29-11-5-7-18(3)13-20(32)14-21(33)15-25-30-22(16-37-25)27(35)31-12-6-8-23(31)28(36)38-26/h7-10,12-13,15-19,21,26,31-34,36-37,55H,6,11,14,20,22-25H2,1-5H3,(H,47,57)(H,48,58)(H,49,56);5,7-10,13,16-17,19-20,26,32H,6,11-12,14-15H2,1-4H3,(H,29,34)/b;7-5-,10-9+,18-13-/t26-,31-,32+,33+,34?,36+,37+;19-,20-,26-/m11/s1. The summed E-state index contributed by atoms with van der Waals surface area (Å²) < 4.78 is 17.0. The molecule has 2 aromatic carbocycles. The van der Waals surface area contributed by atoms with E-state index in [1.165, 1.54) is 58.0 Å². The number of amides is 8. The van der Waals surface area contributed by atoms with Crippen LogP contribution in [0.2, 0.25) is 0 Å². The normalized spacial score (nSPS) is 26.3. The van der Waals surface area contributed by atoms with Crippen molar-refractivity contribution in [3.8, 4) is 5.75 Å². The first-order valence-corrected chi connectivity index (χ1v) is 33.8. The molecule has 8 amide bonds. The number of cyclic esters (lactones) is 2. The lowest BCUT2D eigenvalue weighted by molar-refractivity contribution is -0.157. The van der Waals surface area contributed by atoms with Crippen LogP contribution in [0.25, 0.3) is 0 Å². The SMILES string of the molecule is CC1=C/[C@@H](O)CC(=O)Cc2nc(co2)C(=O)N2CCC=C2C(=O)O[C@H](C(C)C)[C@H](C)/C=C/C(=O)NC/C=C\1.CC[C@H]1NC(=O)[C@@H](NC(=O)c2ncccc2O)[C@@H](C)OC(=O)[C@H](c2ccccc2)NC(=O)[C@@H]2CC(=O)CCN2C(=O)C(Cc2ccc(N(C)C)cc2)N(C)C(=O)[C@@H]2CCCN2C1=O. The topological polar surface area (TPSA) is 367 Å². The van der Waals surface area contributed by atoms with Crippen molar-refractivity contribution in [2.75, 3.05) is 52.2 Å². The monoisotopic (exact) mass is 1390 g/mol. The number of oxazole rings is 1. The first-order chi connectivity index (χ1) is 48.1. The average molecular weight is 1390 g/mol. The number of likely N-dealkylation sites (N-methyl/N-ethyl adjacent to an activating group) is 1. The van der Waals surface area contributed by atoms with E-state index in [0.29, 0.717) is 18.4 Å². The average Bonchev–Trinajstić information content (AvgIpc) is 1.79. The Morgan fingerprint density at radius 2 is 1.54 bits per heavy atom. The number of Topliss-reactive ketones (excluding diaryl/α,β-unsaturated/α-hetero) is 2. The third-order valence-corrected chi connectivity index (χ3v) is 18.0. The van der Waals surface area contributed by atoms with Crippen LogP contribution in [-0.2, 0) is 70.3 Å².